The quantitative estimate of drug-likeness (QED) is 0.297. The number of carbonyl (C=O) groups is 3. The smallest absolute Gasteiger partial charge is 0.394 e. The van der Waals surface area contributed by atoms with Crippen molar-refractivity contribution >= 4 is 38.7 Å². The predicted octanol–water partition coefficient (Wildman–Crippen LogP) is 5.97. The number of halogens is 1. The summed E-state index contributed by atoms with van der Waals surface area (Å²) in [7, 11) is -3.92. The van der Waals surface area contributed by atoms with E-state index in [1.165, 1.54) is 12.1 Å². The molecule has 3 heterocycles. The molecule has 50 heavy (non-hydrogen) atoms. The van der Waals surface area contributed by atoms with E-state index in [4.69, 9.17) is 9.15 Å². The Morgan fingerprint density at radius 1 is 1.14 bits per heavy atom. The van der Waals surface area contributed by atoms with Crippen molar-refractivity contribution in [3.05, 3.63) is 71.6 Å². The Labute approximate surface area is 291 Å². The number of hydrogen-bond donors (Lipinski definition) is 1. The number of fused-ring (bicyclic) bond motifs is 3. The highest BCUT2D eigenvalue weighted by atomic mass is 32.2. The summed E-state index contributed by atoms with van der Waals surface area (Å²) in [6, 6.07) is 11.1. The summed E-state index contributed by atoms with van der Waals surface area (Å²) in [6.07, 6.45) is 8.80. The van der Waals surface area contributed by atoms with Crippen molar-refractivity contribution in [3.63, 3.8) is 0 Å². The summed E-state index contributed by atoms with van der Waals surface area (Å²) in [5.41, 5.74) is 1.41. The van der Waals surface area contributed by atoms with Gasteiger partial charge in [0.15, 0.2) is 11.4 Å². The molecule has 2 saturated carbocycles. The third-order valence-corrected chi connectivity index (χ3v) is 13.2. The van der Waals surface area contributed by atoms with Gasteiger partial charge in [0.1, 0.15) is 17.4 Å². The number of aromatic nitrogens is 1. The van der Waals surface area contributed by atoms with E-state index in [1.807, 2.05) is 37.3 Å². The van der Waals surface area contributed by atoms with E-state index in [0.29, 0.717) is 48.8 Å². The molecule has 10 nitrogen and oxygen atoms in total. The molecule has 2 amide bonds. The number of sulfonamides is 1. The second-order valence-corrected chi connectivity index (χ2v) is 17.2. The van der Waals surface area contributed by atoms with Crippen LogP contribution in [0.25, 0.3) is 11.1 Å². The van der Waals surface area contributed by atoms with Crippen LogP contribution in [0.15, 0.2) is 59.0 Å². The van der Waals surface area contributed by atoms with E-state index in [0.717, 1.165) is 31.2 Å². The van der Waals surface area contributed by atoms with Gasteiger partial charge in [-0.1, -0.05) is 43.2 Å². The number of carbonyl (C=O) groups excluding carboxylic acids is 3. The largest absolute Gasteiger partial charge is 0.445 e. The standard InChI is InChI=1S/C38H44FN3O7S/c1-24-16-25(19-28(39)17-24)18-26-10-6-4-3-5-7-11-27-21-38(27,35(45)41-50(46,47)37(2)14-15-37)22-32(43)31-20-29(23-42(31)34(26)44)48-36-40-30-12-8-9-13-33(30)49-36/h7-9,11-13,16-17,19,26-27,29,31H,3-6,10,14-15,18,20-23H2,1-2H3,(H,41,45)/b11-7-/t26-,27+,29-,31+,38-/m1/s1. The van der Waals surface area contributed by atoms with Gasteiger partial charge in [0.05, 0.1) is 22.7 Å². The number of ether oxygens (including phenoxy) is 1. The predicted molar refractivity (Wildman–Crippen MR) is 184 cm³/mol. The van der Waals surface area contributed by atoms with Crippen molar-refractivity contribution in [2.75, 3.05) is 6.54 Å². The van der Waals surface area contributed by atoms with Gasteiger partial charge in [0.25, 0.3) is 0 Å². The van der Waals surface area contributed by atoms with Crippen LogP contribution in [0.4, 0.5) is 4.39 Å². The molecule has 0 radical (unpaired) electrons. The Hall–Kier alpha value is -4.06. The van der Waals surface area contributed by atoms with Crippen LogP contribution in [0.5, 0.6) is 6.08 Å². The number of nitrogens with zero attached hydrogens (tertiary/aromatic N) is 2. The number of hydrogen-bond acceptors (Lipinski definition) is 8. The molecule has 12 heteroatoms. The molecule has 7 rings (SSSR count). The Kier molecular flexibility index (Phi) is 9.11. The molecule has 266 valence electrons. The molecular weight excluding hydrogens is 661 g/mol. The minimum atomic E-state index is -3.92. The molecule has 0 unspecified atom stereocenters. The molecule has 3 fully saturated rings. The first kappa shape index (κ1) is 34.4. The van der Waals surface area contributed by atoms with E-state index in [9.17, 15) is 27.2 Å². The summed E-state index contributed by atoms with van der Waals surface area (Å²) in [6.45, 7) is 3.53. The third-order valence-electron chi connectivity index (χ3n) is 11.1. The Bertz CT molecular complexity index is 1900. The zero-order valence-electron chi connectivity index (χ0n) is 28.5. The fourth-order valence-corrected chi connectivity index (χ4v) is 9.01. The number of rotatable bonds is 7. The molecular formula is C38H44FN3O7S. The van der Waals surface area contributed by atoms with E-state index in [-0.39, 0.29) is 48.9 Å². The highest BCUT2D eigenvalue weighted by molar-refractivity contribution is 7.91. The molecule has 1 saturated heterocycles. The molecule has 5 atom stereocenters. The van der Waals surface area contributed by atoms with Gasteiger partial charge in [-0.3, -0.25) is 19.1 Å². The van der Waals surface area contributed by atoms with E-state index < -0.39 is 44.2 Å². The van der Waals surface area contributed by atoms with Gasteiger partial charge < -0.3 is 14.1 Å². The van der Waals surface area contributed by atoms with Gasteiger partial charge in [-0.2, -0.15) is 4.98 Å². The van der Waals surface area contributed by atoms with Crippen molar-refractivity contribution in [1.82, 2.24) is 14.6 Å². The van der Waals surface area contributed by atoms with Gasteiger partial charge in [0.2, 0.25) is 21.8 Å². The van der Waals surface area contributed by atoms with Crippen LogP contribution in [0, 0.1) is 30.0 Å². The first-order valence-electron chi connectivity index (χ1n) is 17.7. The van der Waals surface area contributed by atoms with Crippen LogP contribution >= 0.6 is 0 Å². The number of Topliss-reactive ketones (excluding diaryl/α,β-unsaturated/α-hetero) is 1. The molecule has 0 bridgehead atoms. The van der Waals surface area contributed by atoms with Crippen molar-refractivity contribution < 1.29 is 36.3 Å². The number of allylic oxidation sites excluding steroid dienone is 2. The average molecular weight is 706 g/mol. The SMILES string of the molecule is Cc1cc(F)cc(C[C@H]2CCCCC/C=C\[C@H]3C[C@@]3(C(=O)NS(=O)(=O)C3(C)CC3)CC(=O)[C@@H]3C[C@@H](Oc4nc5ccccc5o4)CN3C2=O)c1. The number of aryl methyl sites for hydroxylation is 1. The van der Waals surface area contributed by atoms with Crippen molar-refractivity contribution in [2.45, 2.75) is 101 Å². The fraction of sp³-hybridized carbons (Fsp3) is 0.526. The first-order valence-corrected chi connectivity index (χ1v) is 19.2. The maximum atomic E-state index is 14.5. The zero-order valence-corrected chi connectivity index (χ0v) is 29.3. The van der Waals surface area contributed by atoms with Crippen LogP contribution in [0.2, 0.25) is 0 Å². The first-order chi connectivity index (χ1) is 23.9. The molecule has 3 aromatic rings. The molecule has 1 aromatic heterocycles. The molecule has 4 aliphatic rings. The third kappa shape index (κ3) is 6.95. The minimum absolute atomic E-state index is 0.0349. The number of benzene rings is 2. The van der Waals surface area contributed by atoms with Gasteiger partial charge in [0, 0.05) is 18.8 Å². The van der Waals surface area contributed by atoms with Gasteiger partial charge >= 0.3 is 6.08 Å². The Morgan fingerprint density at radius 2 is 1.94 bits per heavy atom. The highest BCUT2D eigenvalue weighted by Gasteiger charge is 2.62. The van der Waals surface area contributed by atoms with E-state index >= 15 is 0 Å². The zero-order chi connectivity index (χ0) is 35.3. The number of nitrogens with one attached hydrogen (secondary N) is 1. The monoisotopic (exact) mass is 705 g/mol. The van der Waals surface area contributed by atoms with Gasteiger partial charge in [-0.15, -0.1) is 0 Å². The molecule has 0 spiro atoms. The Balaban J connectivity index is 1.19. The topological polar surface area (TPSA) is 136 Å². The number of amides is 2. The van der Waals surface area contributed by atoms with Crippen LogP contribution in [-0.4, -0.2) is 59.3 Å². The van der Waals surface area contributed by atoms with Crippen molar-refractivity contribution in [1.29, 1.82) is 0 Å². The van der Waals surface area contributed by atoms with Crippen LogP contribution in [-0.2, 0) is 30.8 Å². The lowest BCUT2D eigenvalue weighted by molar-refractivity contribution is -0.142. The van der Waals surface area contributed by atoms with Crippen molar-refractivity contribution in [3.8, 4) is 6.08 Å². The van der Waals surface area contributed by atoms with Gasteiger partial charge in [-0.05, 0) is 100 Å². The summed E-state index contributed by atoms with van der Waals surface area (Å²) < 4.78 is 53.9. The summed E-state index contributed by atoms with van der Waals surface area (Å²) >= 11 is 0. The number of oxazole rings is 1. The van der Waals surface area contributed by atoms with E-state index in [2.05, 4.69) is 9.71 Å². The second-order valence-electron chi connectivity index (χ2n) is 15.0. The highest BCUT2D eigenvalue weighted by Crippen LogP contribution is 2.57. The lowest BCUT2D eigenvalue weighted by atomic mass is 9.89. The summed E-state index contributed by atoms with van der Waals surface area (Å²) in [5, 5.41) is 0. The molecule has 1 N–H and O–H groups in total. The summed E-state index contributed by atoms with van der Waals surface area (Å²) in [4.78, 5) is 48.8. The fourth-order valence-electron chi connectivity index (χ4n) is 7.68. The minimum Gasteiger partial charge on any atom is -0.445 e. The van der Waals surface area contributed by atoms with Crippen molar-refractivity contribution in [2.24, 2.45) is 17.3 Å². The number of para-hydroxylation sites is 2. The average Bonchev–Trinajstić information content (AvgIpc) is 3.86. The van der Waals surface area contributed by atoms with Crippen LogP contribution in [0.1, 0.15) is 82.3 Å². The van der Waals surface area contributed by atoms with E-state index in [1.54, 1.807) is 24.0 Å². The lowest BCUT2D eigenvalue weighted by Gasteiger charge is -2.29. The second kappa shape index (κ2) is 13.2. The molecule has 2 aromatic carbocycles. The number of ketones is 1. The van der Waals surface area contributed by atoms with Gasteiger partial charge in [-0.25, -0.2) is 12.8 Å². The van der Waals surface area contributed by atoms with Crippen LogP contribution in [0.3, 0.4) is 0 Å². The normalized spacial score (nSPS) is 29.0. The Morgan fingerprint density at radius 3 is 2.70 bits per heavy atom. The molecule has 2 aliphatic carbocycles. The molecule has 2 aliphatic heterocycles. The maximum Gasteiger partial charge on any atom is 0.394 e. The lowest BCUT2D eigenvalue weighted by Crippen LogP contribution is -2.47. The van der Waals surface area contributed by atoms with Crippen LogP contribution < -0.4 is 9.46 Å². The maximum absolute atomic E-state index is 14.5. The summed E-state index contributed by atoms with van der Waals surface area (Å²) in [5.74, 6) is -2.37.